The highest BCUT2D eigenvalue weighted by molar-refractivity contribution is 5.70. The number of amides is 1. The molecular weight excluding hydrogens is 259 g/mol. The third-order valence-corrected chi connectivity index (χ3v) is 3.24. The zero-order valence-corrected chi connectivity index (χ0v) is 12.1. The molecule has 20 heavy (non-hydrogen) atoms. The van der Waals surface area contributed by atoms with Crippen molar-refractivity contribution in [1.82, 2.24) is 4.90 Å². The Labute approximate surface area is 118 Å². The predicted octanol–water partition coefficient (Wildman–Crippen LogP) is 2.77. The summed E-state index contributed by atoms with van der Waals surface area (Å²) in [7, 11) is 0. The van der Waals surface area contributed by atoms with Crippen LogP contribution in [0.15, 0.2) is 24.3 Å². The first-order valence-corrected chi connectivity index (χ1v) is 6.74. The van der Waals surface area contributed by atoms with Gasteiger partial charge in [0.05, 0.1) is 12.6 Å². The zero-order valence-electron chi connectivity index (χ0n) is 12.1. The molecule has 0 aliphatic carbocycles. The Morgan fingerprint density at radius 3 is 2.50 bits per heavy atom. The SMILES string of the molecule is CC(C)(C)OC(=O)N1C[C@@H](F)[C@H]1Cc1ccc(N)cc1. The van der Waals surface area contributed by atoms with Gasteiger partial charge in [-0.15, -0.1) is 0 Å². The molecule has 1 saturated heterocycles. The molecule has 0 unspecified atom stereocenters. The number of halogens is 1. The summed E-state index contributed by atoms with van der Waals surface area (Å²) in [6, 6.07) is 6.81. The summed E-state index contributed by atoms with van der Waals surface area (Å²) in [5.74, 6) is 0. The van der Waals surface area contributed by atoms with E-state index in [1.54, 1.807) is 32.9 Å². The number of nitrogens with two attached hydrogens (primary N) is 1. The lowest BCUT2D eigenvalue weighted by Gasteiger charge is -2.44. The first-order chi connectivity index (χ1) is 9.26. The van der Waals surface area contributed by atoms with Gasteiger partial charge in [0.2, 0.25) is 0 Å². The van der Waals surface area contributed by atoms with Crippen LogP contribution in [0.3, 0.4) is 0 Å². The Hall–Kier alpha value is -1.78. The first kappa shape index (κ1) is 14.6. The number of hydrogen-bond donors (Lipinski definition) is 1. The number of carbonyl (C=O) groups is 1. The molecule has 1 heterocycles. The van der Waals surface area contributed by atoms with Crippen molar-refractivity contribution in [2.75, 3.05) is 12.3 Å². The molecule has 5 heteroatoms. The van der Waals surface area contributed by atoms with Crippen molar-refractivity contribution in [3.8, 4) is 0 Å². The van der Waals surface area contributed by atoms with Crippen LogP contribution >= 0.6 is 0 Å². The molecule has 2 N–H and O–H groups in total. The molecule has 1 amide bonds. The minimum Gasteiger partial charge on any atom is -0.444 e. The number of benzene rings is 1. The molecular formula is C15H21FN2O2. The lowest BCUT2D eigenvalue weighted by molar-refractivity contribution is -0.0398. The highest BCUT2D eigenvalue weighted by atomic mass is 19.1. The second kappa shape index (κ2) is 5.31. The predicted molar refractivity (Wildman–Crippen MR) is 76.2 cm³/mol. The van der Waals surface area contributed by atoms with Crippen molar-refractivity contribution in [3.63, 3.8) is 0 Å². The Morgan fingerprint density at radius 1 is 1.40 bits per heavy atom. The van der Waals surface area contributed by atoms with Gasteiger partial charge in [-0.2, -0.15) is 0 Å². The second-order valence-electron chi connectivity index (χ2n) is 6.16. The monoisotopic (exact) mass is 280 g/mol. The summed E-state index contributed by atoms with van der Waals surface area (Å²) in [6.45, 7) is 5.50. The van der Waals surface area contributed by atoms with Crippen LogP contribution in [0.25, 0.3) is 0 Å². The maximum atomic E-state index is 13.7. The van der Waals surface area contributed by atoms with Crippen LogP contribution in [0, 0.1) is 0 Å². The quantitative estimate of drug-likeness (QED) is 0.847. The van der Waals surface area contributed by atoms with E-state index in [0.29, 0.717) is 12.1 Å². The third kappa shape index (κ3) is 3.40. The number of nitrogens with zero attached hydrogens (tertiary/aromatic N) is 1. The van der Waals surface area contributed by atoms with Crippen LogP contribution in [0.5, 0.6) is 0 Å². The van der Waals surface area contributed by atoms with Crippen LogP contribution in [0.4, 0.5) is 14.9 Å². The van der Waals surface area contributed by atoms with Gasteiger partial charge in [-0.05, 0) is 44.9 Å². The number of nitrogen functional groups attached to an aromatic ring is 1. The fraction of sp³-hybridized carbons (Fsp3) is 0.533. The molecule has 110 valence electrons. The molecule has 0 aromatic heterocycles. The van der Waals surface area contributed by atoms with E-state index in [4.69, 9.17) is 10.5 Å². The minimum atomic E-state index is -1.000. The highest BCUT2D eigenvalue weighted by Gasteiger charge is 2.43. The molecule has 2 rings (SSSR count). The van der Waals surface area contributed by atoms with Gasteiger partial charge in [0, 0.05) is 5.69 Å². The van der Waals surface area contributed by atoms with Crippen molar-refractivity contribution in [2.45, 2.75) is 45.0 Å². The smallest absolute Gasteiger partial charge is 0.410 e. The van der Waals surface area contributed by atoms with Crippen molar-refractivity contribution in [1.29, 1.82) is 0 Å². The highest BCUT2D eigenvalue weighted by Crippen LogP contribution is 2.27. The van der Waals surface area contributed by atoms with E-state index >= 15 is 0 Å². The van der Waals surface area contributed by atoms with Crippen LogP contribution in [0.1, 0.15) is 26.3 Å². The van der Waals surface area contributed by atoms with Crippen LogP contribution in [-0.4, -0.2) is 35.4 Å². The number of carbonyl (C=O) groups excluding carboxylic acids is 1. The standard InChI is InChI=1S/C15H21FN2O2/c1-15(2,3)20-14(19)18-9-12(16)13(18)8-10-4-6-11(17)7-5-10/h4-7,12-13H,8-9,17H2,1-3H3/t12-,13-/m1/s1. The van der Waals surface area contributed by atoms with Crippen LogP contribution in [-0.2, 0) is 11.2 Å². The van der Waals surface area contributed by atoms with E-state index in [1.165, 1.54) is 4.90 Å². The van der Waals surface area contributed by atoms with E-state index in [0.717, 1.165) is 5.56 Å². The average molecular weight is 280 g/mol. The van der Waals surface area contributed by atoms with Gasteiger partial charge in [-0.25, -0.2) is 9.18 Å². The Kier molecular flexibility index (Phi) is 3.88. The molecule has 1 aliphatic rings. The number of rotatable bonds is 2. The Morgan fingerprint density at radius 2 is 2.00 bits per heavy atom. The van der Waals surface area contributed by atoms with Gasteiger partial charge in [-0.1, -0.05) is 12.1 Å². The zero-order chi connectivity index (χ0) is 14.9. The van der Waals surface area contributed by atoms with Gasteiger partial charge in [0.25, 0.3) is 0 Å². The van der Waals surface area contributed by atoms with Crippen LogP contribution < -0.4 is 5.73 Å². The topological polar surface area (TPSA) is 55.6 Å². The number of ether oxygens (including phenoxy) is 1. The van der Waals surface area contributed by atoms with E-state index in [1.807, 2.05) is 12.1 Å². The third-order valence-electron chi connectivity index (χ3n) is 3.24. The fourth-order valence-electron chi connectivity index (χ4n) is 2.17. The summed E-state index contributed by atoms with van der Waals surface area (Å²) in [5, 5.41) is 0. The number of likely N-dealkylation sites (tertiary alicyclic amines) is 1. The van der Waals surface area contributed by atoms with Gasteiger partial charge in [0.15, 0.2) is 0 Å². The van der Waals surface area contributed by atoms with E-state index in [2.05, 4.69) is 0 Å². The maximum Gasteiger partial charge on any atom is 0.410 e. The van der Waals surface area contributed by atoms with Gasteiger partial charge in [0.1, 0.15) is 11.8 Å². The molecule has 1 fully saturated rings. The van der Waals surface area contributed by atoms with Crippen LogP contribution in [0.2, 0.25) is 0 Å². The van der Waals surface area contributed by atoms with E-state index < -0.39 is 23.9 Å². The first-order valence-electron chi connectivity index (χ1n) is 6.74. The Balaban J connectivity index is 1.99. The second-order valence-corrected chi connectivity index (χ2v) is 6.16. The summed E-state index contributed by atoms with van der Waals surface area (Å²) in [4.78, 5) is 13.4. The molecule has 4 nitrogen and oxygen atoms in total. The van der Waals surface area contributed by atoms with Crippen molar-refractivity contribution < 1.29 is 13.9 Å². The number of anilines is 1. The average Bonchev–Trinajstić information content (AvgIpc) is 2.32. The normalized spacial score (nSPS) is 22.3. The molecule has 0 radical (unpaired) electrons. The van der Waals surface area contributed by atoms with Gasteiger partial charge in [-0.3, -0.25) is 4.90 Å². The van der Waals surface area contributed by atoms with Gasteiger partial charge < -0.3 is 10.5 Å². The summed E-state index contributed by atoms with van der Waals surface area (Å²) < 4.78 is 19.0. The lowest BCUT2D eigenvalue weighted by Crippen LogP contribution is -2.62. The molecule has 0 bridgehead atoms. The summed E-state index contributed by atoms with van der Waals surface area (Å²) >= 11 is 0. The fourth-order valence-corrected chi connectivity index (χ4v) is 2.17. The minimum absolute atomic E-state index is 0.106. The molecule has 1 aromatic rings. The van der Waals surface area contributed by atoms with Crippen molar-refractivity contribution in [3.05, 3.63) is 29.8 Å². The number of alkyl halides is 1. The molecule has 0 spiro atoms. The van der Waals surface area contributed by atoms with Crippen molar-refractivity contribution >= 4 is 11.8 Å². The van der Waals surface area contributed by atoms with E-state index in [9.17, 15) is 9.18 Å². The summed E-state index contributed by atoms with van der Waals surface area (Å²) in [5.41, 5.74) is 6.68. The molecule has 1 aliphatic heterocycles. The summed E-state index contributed by atoms with van der Waals surface area (Å²) in [6.07, 6.45) is -0.979. The largest absolute Gasteiger partial charge is 0.444 e. The molecule has 0 saturated carbocycles. The van der Waals surface area contributed by atoms with Crippen molar-refractivity contribution in [2.24, 2.45) is 0 Å². The molecule has 1 aromatic carbocycles. The van der Waals surface area contributed by atoms with Gasteiger partial charge >= 0.3 is 6.09 Å². The number of hydrogen-bond acceptors (Lipinski definition) is 3. The maximum absolute atomic E-state index is 13.7. The Bertz CT molecular complexity index is 482. The molecule has 2 atom stereocenters. The van der Waals surface area contributed by atoms with E-state index in [-0.39, 0.29) is 6.54 Å². The lowest BCUT2D eigenvalue weighted by atomic mass is 9.94.